The van der Waals surface area contributed by atoms with Crippen LogP contribution in [0.2, 0.25) is 0 Å². The van der Waals surface area contributed by atoms with Crippen molar-refractivity contribution in [3.8, 4) is 11.5 Å². The van der Waals surface area contributed by atoms with Crippen molar-refractivity contribution < 1.29 is 13.2 Å². The first-order chi connectivity index (χ1) is 9.15. The highest BCUT2D eigenvalue weighted by Gasteiger charge is 2.24. The molecule has 0 spiro atoms. The number of rotatable bonds is 2. The van der Waals surface area contributed by atoms with Crippen LogP contribution in [0.25, 0.3) is 11.5 Å². The van der Waals surface area contributed by atoms with Crippen LogP contribution in [0.15, 0.2) is 16.5 Å². The number of hydrogen-bond donors (Lipinski definition) is 1. The summed E-state index contributed by atoms with van der Waals surface area (Å²) in [6.45, 7) is 0. The van der Waals surface area contributed by atoms with Crippen LogP contribution in [0.5, 0.6) is 0 Å². The monoisotopic (exact) mass is 265 g/mol. The van der Waals surface area contributed by atoms with Crippen molar-refractivity contribution in [2.24, 2.45) is 0 Å². The van der Waals surface area contributed by atoms with Crippen LogP contribution in [0.1, 0.15) is 37.5 Å². The number of benzene rings is 1. The Kier molecular flexibility index (Phi) is 2.93. The van der Waals surface area contributed by atoms with Gasteiger partial charge in [-0.2, -0.15) is 0 Å². The quantitative estimate of drug-likeness (QED) is 0.846. The zero-order valence-electron chi connectivity index (χ0n) is 10.2. The maximum atomic E-state index is 13.2. The van der Waals surface area contributed by atoms with Gasteiger partial charge in [-0.15, -0.1) is 10.2 Å². The lowest BCUT2D eigenvalue weighted by Crippen LogP contribution is -1.94. The van der Waals surface area contributed by atoms with Gasteiger partial charge in [-0.05, 0) is 18.9 Å². The third-order valence-corrected chi connectivity index (χ3v) is 3.47. The van der Waals surface area contributed by atoms with Crippen LogP contribution in [0.3, 0.4) is 0 Å². The first-order valence-corrected chi connectivity index (χ1v) is 6.23. The molecule has 1 saturated carbocycles. The van der Waals surface area contributed by atoms with Crippen molar-refractivity contribution in [1.29, 1.82) is 0 Å². The molecule has 19 heavy (non-hydrogen) atoms. The standard InChI is InChI=1S/C13H13F2N3O/c14-9-5-8(11(16)6-10(9)15)13-18-17-12(19-13)7-3-1-2-4-7/h5-7H,1-4,16H2. The maximum Gasteiger partial charge on any atom is 0.249 e. The molecule has 1 fully saturated rings. The van der Waals surface area contributed by atoms with E-state index in [0.29, 0.717) is 5.89 Å². The minimum absolute atomic E-state index is 0.0838. The highest BCUT2D eigenvalue weighted by atomic mass is 19.2. The highest BCUT2D eigenvalue weighted by Crippen LogP contribution is 2.35. The average molecular weight is 265 g/mol. The molecule has 6 heteroatoms. The third kappa shape index (κ3) is 2.18. The summed E-state index contributed by atoms with van der Waals surface area (Å²) in [5.41, 5.74) is 5.97. The average Bonchev–Trinajstić information content (AvgIpc) is 3.03. The van der Waals surface area contributed by atoms with Crippen LogP contribution in [-0.2, 0) is 0 Å². The van der Waals surface area contributed by atoms with E-state index in [9.17, 15) is 8.78 Å². The smallest absolute Gasteiger partial charge is 0.249 e. The predicted molar refractivity (Wildman–Crippen MR) is 65.3 cm³/mol. The van der Waals surface area contributed by atoms with E-state index < -0.39 is 11.6 Å². The Morgan fingerprint density at radius 1 is 1.11 bits per heavy atom. The van der Waals surface area contributed by atoms with Gasteiger partial charge in [0.25, 0.3) is 0 Å². The van der Waals surface area contributed by atoms with Crippen LogP contribution in [0, 0.1) is 11.6 Å². The lowest BCUT2D eigenvalue weighted by Gasteiger charge is -2.03. The van der Waals surface area contributed by atoms with Crippen LogP contribution < -0.4 is 5.73 Å². The minimum Gasteiger partial charge on any atom is -0.420 e. The fraction of sp³-hybridized carbons (Fsp3) is 0.385. The number of nitrogen functional groups attached to an aromatic ring is 1. The summed E-state index contributed by atoms with van der Waals surface area (Å²) < 4.78 is 31.8. The number of aromatic nitrogens is 2. The topological polar surface area (TPSA) is 64.9 Å². The molecule has 0 bridgehead atoms. The van der Waals surface area contributed by atoms with E-state index in [0.717, 1.165) is 37.8 Å². The van der Waals surface area contributed by atoms with E-state index in [-0.39, 0.29) is 23.1 Å². The SMILES string of the molecule is Nc1cc(F)c(F)cc1-c1nnc(C2CCCC2)o1. The van der Waals surface area contributed by atoms with Gasteiger partial charge in [0.2, 0.25) is 11.8 Å². The molecule has 3 rings (SSSR count). The molecule has 0 aliphatic heterocycles. The number of hydrogen-bond acceptors (Lipinski definition) is 4. The van der Waals surface area contributed by atoms with E-state index in [1.54, 1.807) is 0 Å². The van der Waals surface area contributed by atoms with E-state index in [2.05, 4.69) is 10.2 Å². The third-order valence-electron chi connectivity index (χ3n) is 3.47. The van der Waals surface area contributed by atoms with Gasteiger partial charge in [0, 0.05) is 17.7 Å². The van der Waals surface area contributed by atoms with Crippen LogP contribution >= 0.6 is 0 Å². The van der Waals surface area contributed by atoms with Gasteiger partial charge in [-0.3, -0.25) is 0 Å². The molecule has 1 aliphatic carbocycles. The summed E-state index contributed by atoms with van der Waals surface area (Å²) >= 11 is 0. The molecular formula is C13H13F2N3O. The van der Waals surface area contributed by atoms with E-state index >= 15 is 0 Å². The molecule has 100 valence electrons. The van der Waals surface area contributed by atoms with Gasteiger partial charge >= 0.3 is 0 Å². The van der Waals surface area contributed by atoms with E-state index in [1.807, 2.05) is 0 Å². The molecular weight excluding hydrogens is 252 g/mol. The Labute approximate surface area is 108 Å². The van der Waals surface area contributed by atoms with Crippen LogP contribution in [0.4, 0.5) is 14.5 Å². The van der Waals surface area contributed by atoms with Crippen molar-refractivity contribution in [1.82, 2.24) is 10.2 Å². The van der Waals surface area contributed by atoms with Crippen molar-refractivity contribution in [2.75, 3.05) is 5.73 Å². The highest BCUT2D eigenvalue weighted by molar-refractivity contribution is 5.70. The lowest BCUT2D eigenvalue weighted by atomic mass is 10.1. The van der Waals surface area contributed by atoms with Crippen molar-refractivity contribution in [3.63, 3.8) is 0 Å². The van der Waals surface area contributed by atoms with Gasteiger partial charge in [-0.25, -0.2) is 8.78 Å². The summed E-state index contributed by atoms with van der Waals surface area (Å²) in [7, 11) is 0. The first kappa shape index (κ1) is 12.1. The van der Waals surface area contributed by atoms with Gasteiger partial charge in [0.1, 0.15) is 0 Å². The number of nitrogens with zero attached hydrogens (tertiary/aromatic N) is 2. The Morgan fingerprint density at radius 2 is 1.79 bits per heavy atom. The van der Waals surface area contributed by atoms with Gasteiger partial charge in [-0.1, -0.05) is 12.8 Å². The fourth-order valence-electron chi connectivity index (χ4n) is 2.43. The Hall–Kier alpha value is -1.98. The zero-order chi connectivity index (χ0) is 13.4. The predicted octanol–water partition coefficient (Wildman–Crippen LogP) is 3.25. The van der Waals surface area contributed by atoms with Gasteiger partial charge in [0.15, 0.2) is 11.6 Å². The Morgan fingerprint density at radius 3 is 2.53 bits per heavy atom. The van der Waals surface area contributed by atoms with Crippen molar-refractivity contribution in [2.45, 2.75) is 31.6 Å². The Bertz CT molecular complexity index is 606. The molecule has 0 radical (unpaired) electrons. The maximum absolute atomic E-state index is 13.2. The molecule has 1 aromatic carbocycles. The molecule has 0 saturated heterocycles. The molecule has 2 aromatic rings. The molecule has 0 unspecified atom stereocenters. The summed E-state index contributed by atoms with van der Waals surface area (Å²) in [6, 6.07) is 1.90. The van der Waals surface area contributed by atoms with Crippen molar-refractivity contribution in [3.05, 3.63) is 29.7 Å². The summed E-state index contributed by atoms with van der Waals surface area (Å²) in [6.07, 6.45) is 4.34. The first-order valence-electron chi connectivity index (χ1n) is 6.23. The van der Waals surface area contributed by atoms with E-state index in [1.165, 1.54) is 0 Å². The second-order valence-electron chi connectivity index (χ2n) is 4.78. The van der Waals surface area contributed by atoms with Crippen LogP contribution in [-0.4, -0.2) is 10.2 Å². The molecule has 0 atom stereocenters. The van der Waals surface area contributed by atoms with Crippen molar-refractivity contribution >= 4 is 5.69 Å². The largest absolute Gasteiger partial charge is 0.420 e. The van der Waals surface area contributed by atoms with Gasteiger partial charge < -0.3 is 10.2 Å². The lowest BCUT2D eigenvalue weighted by molar-refractivity contribution is 0.456. The molecule has 0 amide bonds. The molecule has 1 heterocycles. The summed E-state index contributed by atoms with van der Waals surface area (Å²) in [5.74, 6) is -1.01. The number of anilines is 1. The van der Waals surface area contributed by atoms with E-state index in [4.69, 9.17) is 10.2 Å². The fourth-order valence-corrected chi connectivity index (χ4v) is 2.43. The number of halogens is 2. The molecule has 1 aromatic heterocycles. The molecule has 4 nitrogen and oxygen atoms in total. The zero-order valence-corrected chi connectivity index (χ0v) is 10.2. The molecule has 1 aliphatic rings. The minimum atomic E-state index is -0.989. The second-order valence-corrected chi connectivity index (χ2v) is 4.78. The molecule has 2 N–H and O–H groups in total. The second kappa shape index (κ2) is 4.60. The summed E-state index contributed by atoms with van der Waals surface area (Å²) in [5, 5.41) is 7.86. The Balaban J connectivity index is 1.96. The summed E-state index contributed by atoms with van der Waals surface area (Å²) in [4.78, 5) is 0. The number of nitrogens with two attached hydrogens (primary N) is 1. The van der Waals surface area contributed by atoms with Gasteiger partial charge in [0.05, 0.1) is 5.56 Å². The normalized spacial score (nSPS) is 16.1.